The number of ether oxygens (including phenoxy) is 1. The summed E-state index contributed by atoms with van der Waals surface area (Å²) in [6.45, 7) is 6.23. The van der Waals surface area contributed by atoms with Gasteiger partial charge in [0.2, 0.25) is 0 Å². The molecular formula is C34H28O3S. The first kappa shape index (κ1) is 24.2. The summed E-state index contributed by atoms with van der Waals surface area (Å²) in [5.41, 5.74) is 6.43. The third-order valence-corrected chi connectivity index (χ3v) is 8.63. The van der Waals surface area contributed by atoms with E-state index >= 15 is 0 Å². The van der Waals surface area contributed by atoms with E-state index in [0.29, 0.717) is 12.2 Å². The van der Waals surface area contributed by atoms with Crippen molar-refractivity contribution in [2.75, 3.05) is 0 Å². The molecule has 0 saturated heterocycles. The Morgan fingerprint density at radius 1 is 0.816 bits per heavy atom. The van der Waals surface area contributed by atoms with Gasteiger partial charge in [0.25, 0.3) is 0 Å². The maximum atomic E-state index is 12.1. The van der Waals surface area contributed by atoms with Gasteiger partial charge in [-0.1, -0.05) is 72.8 Å². The number of aliphatic carboxylic acids is 1. The van der Waals surface area contributed by atoms with Crippen molar-refractivity contribution in [1.82, 2.24) is 0 Å². The van der Waals surface area contributed by atoms with E-state index in [0.717, 1.165) is 22.3 Å². The Kier molecular flexibility index (Phi) is 6.13. The quantitative estimate of drug-likeness (QED) is 0.240. The molecule has 0 fully saturated rings. The van der Waals surface area contributed by atoms with E-state index in [1.54, 1.807) is 0 Å². The Labute approximate surface area is 225 Å². The molecule has 0 aliphatic rings. The van der Waals surface area contributed by atoms with E-state index < -0.39 is 12.1 Å². The molecule has 6 aromatic rings. The van der Waals surface area contributed by atoms with Crippen molar-refractivity contribution in [1.29, 1.82) is 0 Å². The second-order valence-corrected chi connectivity index (χ2v) is 11.0. The molecule has 0 radical (unpaired) electrons. The van der Waals surface area contributed by atoms with Gasteiger partial charge >= 0.3 is 5.97 Å². The van der Waals surface area contributed by atoms with Gasteiger partial charge in [-0.2, -0.15) is 0 Å². The first-order valence-electron chi connectivity index (χ1n) is 12.8. The minimum atomic E-state index is -0.965. The number of carboxylic acid groups (broad SMARTS) is 1. The van der Waals surface area contributed by atoms with Gasteiger partial charge in [0, 0.05) is 26.6 Å². The third-order valence-electron chi connectivity index (χ3n) is 7.33. The molecule has 1 heterocycles. The summed E-state index contributed by atoms with van der Waals surface area (Å²) in [4.78, 5) is 12.1. The van der Waals surface area contributed by atoms with Crippen molar-refractivity contribution in [2.45, 2.75) is 33.3 Å². The highest BCUT2D eigenvalue weighted by Crippen LogP contribution is 2.47. The molecule has 0 unspecified atom stereocenters. The van der Waals surface area contributed by atoms with Crippen molar-refractivity contribution < 1.29 is 14.6 Å². The molecular weight excluding hydrogens is 488 g/mol. The Bertz CT molecular complexity index is 1810. The highest BCUT2D eigenvalue weighted by atomic mass is 32.1. The predicted octanol–water partition coefficient (Wildman–Crippen LogP) is 8.87. The van der Waals surface area contributed by atoms with Crippen LogP contribution in [0.2, 0.25) is 0 Å². The lowest BCUT2D eigenvalue weighted by molar-refractivity contribution is -0.145. The second-order valence-electron chi connectivity index (χ2n) is 9.92. The number of fused-ring (bicyclic) bond motifs is 4. The van der Waals surface area contributed by atoms with E-state index in [-0.39, 0.29) is 0 Å². The van der Waals surface area contributed by atoms with E-state index in [4.69, 9.17) is 4.74 Å². The van der Waals surface area contributed by atoms with Gasteiger partial charge in [-0.15, -0.1) is 11.3 Å². The van der Waals surface area contributed by atoms with E-state index in [9.17, 15) is 9.90 Å². The number of benzene rings is 5. The number of rotatable bonds is 6. The molecule has 0 spiro atoms. The molecule has 0 aliphatic heterocycles. The lowest BCUT2D eigenvalue weighted by Crippen LogP contribution is -2.30. The topological polar surface area (TPSA) is 46.5 Å². The summed E-state index contributed by atoms with van der Waals surface area (Å²) >= 11 is 1.85. The molecule has 38 heavy (non-hydrogen) atoms. The SMILES string of the molecule is Cc1cc(-c2c3ccccc3c(C)c3sc4ccccc4c23)cc(C)c1O[C@H](Cc1ccccc1)C(=O)O. The average Bonchev–Trinajstić information content (AvgIpc) is 3.30. The molecule has 0 bridgehead atoms. The Hall–Kier alpha value is -4.15. The van der Waals surface area contributed by atoms with E-state index in [2.05, 4.69) is 67.6 Å². The average molecular weight is 517 g/mol. The molecule has 3 nitrogen and oxygen atoms in total. The lowest BCUT2D eigenvalue weighted by Gasteiger charge is -2.20. The highest BCUT2D eigenvalue weighted by molar-refractivity contribution is 7.26. The van der Waals surface area contributed by atoms with Gasteiger partial charge in [0.05, 0.1) is 0 Å². The van der Waals surface area contributed by atoms with Crippen molar-refractivity contribution in [3.63, 3.8) is 0 Å². The lowest BCUT2D eigenvalue weighted by atomic mass is 9.89. The smallest absolute Gasteiger partial charge is 0.345 e. The zero-order valence-corrected chi connectivity index (χ0v) is 22.4. The molecule has 4 heteroatoms. The largest absolute Gasteiger partial charge is 0.478 e. The van der Waals surface area contributed by atoms with Crippen LogP contribution in [-0.2, 0) is 11.2 Å². The Balaban J connectivity index is 1.52. The van der Waals surface area contributed by atoms with Gasteiger partial charge in [-0.25, -0.2) is 4.79 Å². The fourth-order valence-corrected chi connectivity index (χ4v) is 6.80. The van der Waals surface area contributed by atoms with E-state index in [1.807, 2.05) is 55.5 Å². The number of carbonyl (C=O) groups is 1. The van der Waals surface area contributed by atoms with Crippen LogP contribution in [-0.4, -0.2) is 17.2 Å². The van der Waals surface area contributed by atoms with Crippen LogP contribution in [0.1, 0.15) is 22.3 Å². The van der Waals surface area contributed by atoms with Crippen LogP contribution >= 0.6 is 11.3 Å². The summed E-state index contributed by atoms with van der Waals surface area (Å²) in [7, 11) is 0. The standard InChI is InChI=1S/C34H28O3S/c1-20-17-24(18-21(2)32(20)37-28(34(35)36)19-23-11-5-4-6-12-23)30-26-14-8-7-13-25(26)22(3)33-31(30)27-15-9-10-16-29(27)38-33/h4-18,28H,19H2,1-3H3,(H,35,36)/t28-/m1/s1. The highest BCUT2D eigenvalue weighted by Gasteiger charge is 2.23. The van der Waals surface area contributed by atoms with E-state index in [1.165, 1.54) is 42.1 Å². The molecule has 1 aromatic heterocycles. The van der Waals surface area contributed by atoms with Crippen molar-refractivity contribution in [2.24, 2.45) is 0 Å². The number of thiophene rings is 1. The van der Waals surface area contributed by atoms with Crippen LogP contribution in [0.25, 0.3) is 42.1 Å². The fourth-order valence-electron chi connectivity index (χ4n) is 5.57. The van der Waals surface area contributed by atoms with Gasteiger partial charge in [0.15, 0.2) is 6.10 Å². The molecule has 1 N–H and O–H groups in total. The van der Waals surface area contributed by atoms with Gasteiger partial charge < -0.3 is 9.84 Å². The maximum absolute atomic E-state index is 12.1. The zero-order valence-electron chi connectivity index (χ0n) is 21.6. The van der Waals surface area contributed by atoms with Crippen molar-refractivity contribution in [3.05, 3.63) is 113 Å². The number of hydrogen-bond acceptors (Lipinski definition) is 3. The predicted molar refractivity (Wildman–Crippen MR) is 159 cm³/mol. The van der Waals surface area contributed by atoms with Crippen LogP contribution in [0.5, 0.6) is 5.75 Å². The van der Waals surface area contributed by atoms with Crippen LogP contribution in [0.4, 0.5) is 0 Å². The van der Waals surface area contributed by atoms with Crippen LogP contribution in [0, 0.1) is 20.8 Å². The normalized spacial score (nSPS) is 12.3. The number of hydrogen-bond donors (Lipinski definition) is 1. The van der Waals surface area contributed by atoms with Crippen LogP contribution in [0.15, 0.2) is 91.0 Å². The van der Waals surface area contributed by atoms with Gasteiger partial charge in [-0.3, -0.25) is 0 Å². The molecule has 6 rings (SSSR count). The first-order chi connectivity index (χ1) is 18.4. The fraction of sp³-hybridized carbons (Fsp3) is 0.147. The molecule has 0 amide bonds. The number of carboxylic acids is 1. The van der Waals surface area contributed by atoms with Gasteiger partial charge in [-0.05, 0) is 83.1 Å². The molecule has 1 atom stereocenters. The molecule has 0 aliphatic carbocycles. The van der Waals surface area contributed by atoms with Crippen LogP contribution < -0.4 is 4.74 Å². The second kappa shape index (κ2) is 9.62. The minimum absolute atomic E-state index is 0.306. The minimum Gasteiger partial charge on any atom is -0.478 e. The summed E-state index contributed by atoms with van der Waals surface area (Å²) in [5, 5.41) is 14.9. The summed E-state index contributed by atoms with van der Waals surface area (Å²) in [6.07, 6.45) is -0.658. The van der Waals surface area contributed by atoms with Crippen molar-refractivity contribution in [3.8, 4) is 16.9 Å². The van der Waals surface area contributed by atoms with Crippen molar-refractivity contribution >= 4 is 48.3 Å². The Morgan fingerprint density at radius 3 is 2.11 bits per heavy atom. The molecule has 0 saturated carbocycles. The first-order valence-corrected chi connectivity index (χ1v) is 13.6. The van der Waals surface area contributed by atoms with Gasteiger partial charge in [0.1, 0.15) is 5.75 Å². The summed E-state index contributed by atoms with van der Waals surface area (Å²) < 4.78 is 8.77. The molecule has 188 valence electrons. The summed E-state index contributed by atoms with van der Waals surface area (Å²) in [5.74, 6) is -0.326. The third kappa shape index (κ3) is 4.11. The maximum Gasteiger partial charge on any atom is 0.345 e. The van der Waals surface area contributed by atoms with Crippen LogP contribution in [0.3, 0.4) is 0 Å². The Morgan fingerprint density at radius 2 is 1.42 bits per heavy atom. The molecule has 5 aromatic carbocycles. The zero-order chi connectivity index (χ0) is 26.4. The number of aryl methyl sites for hydroxylation is 3. The monoisotopic (exact) mass is 516 g/mol. The summed E-state index contributed by atoms with van der Waals surface area (Å²) in [6, 6.07) is 31.1.